The van der Waals surface area contributed by atoms with Crippen molar-refractivity contribution in [1.29, 1.82) is 0 Å². The van der Waals surface area contributed by atoms with Crippen molar-refractivity contribution in [2.75, 3.05) is 13.2 Å². The minimum Gasteiger partial charge on any atom is -0.466 e. The van der Waals surface area contributed by atoms with Gasteiger partial charge in [-0.1, -0.05) is 319 Å². The van der Waals surface area contributed by atoms with Crippen molar-refractivity contribution in [3.63, 3.8) is 0 Å². The molecule has 452 valence electrons. The molecule has 6 nitrogen and oxygen atoms in total. The van der Waals surface area contributed by atoms with Crippen molar-refractivity contribution >= 4 is 11.9 Å². The molecule has 0 aliphatic rings. The van der Waals surface area contributed by atoms with E-state index in [9.17, 15) is 19.8 Å². The lowest BCUT2D eigenvalue weighted by Gasteiger charge is -2.20. The van der Waals surface area contributed by atoms with Crippen molar-refractivity contribution in [2.45, 2.75) is 379 Å². The molecule has 2 atom stereocenters. The molecule has 0 aromatic carbocycles. The van der Waals surface area contributed by atoms with Gasteiger partial charge in [0.05, 0.1) is 25.4 Å². The van der Waals surface area contributed by atoms with Crippen molar-refractivity contribution < 1.29 is 24.5 Å². The predicted octanol–water partition coefficient (Wildman–Crippen LogP) is 22.1. The van der Waals surface area contributed by atoms with Crippen molar-refractivity contribution in [3.8, 4) is 0 Å². The summed E-state index contributed by atoms with van der Waals surface area (Å²) in [7, 11) is 0. The Kier molecular flexibility index (Phi) is 64.5. The van der Waals surface area contributed by atoms with Crippen LogP contribution in [0.2, 0.25) is 0 Å². The summed E-state index contributed by atoms with van der Waals surface area (Å²) in [5.74, 6) is -0.0772. The van der Waals surface area contributed by atoms with Crippen LogP contribution in [0.3, 0.4) is 0 Å². The van der Waals surface area contributed by atoms with E-state index in [-0.39, 0.29) is 18.5 Å². The van der Waals surface area contributed by atoms with Crippen LogP contribution >= 0.6 is 0 Å². The molecule has 3 N–H and O–H groups in total. The largest absolute Gasteiger partial charge is 0.466 e. The minimum atomic E-state index is -0.851. The molecule has 0 saturated heterocycles. The van der Waals surface area contributed by atoms with Crippen LogP contribution in [0, 0.1) is 0 Å². The second kappa shape index (κ2) is 66.3. The summed E-state index contributed by atoms with van der Waals surface area (Å²) in [6, 6.07) is -0.635. The Bertz CT molecular complexity index is 1290. The minimum absolute atomic E-state index is 0.00510. The van der Waals surface area contributed by atoms with E-state index in [1.165, 1.54) is 283 Å². The third-order valence-electron chi connectivity index (χ3n) is 15.8. The zero-order chi connectivity index (χ0) is 55.7. The molecule has 0 aromatic heterocycles. The first-order chi connectivity index (χ1) is 38.0. The van der Waals surface area contributed by atoms with E-state index >= 15 is 0 Å². The number of aliphatic hydroxyl groups is 2. The first-order valence-corrected chi connectivity index (χ1v) is 34.4. The van der Waals surface area contributed by atoms with Gasteiger partial charge in [0.2, 0.25) is 5.91 Å². The smallest absolute Gasteiger partial charge is 0.305 e. The number of carbonyl (C=O) groups excluding carboxylic acids is 2. The van der Waals surface area contributed by atoms with E-state index in [4.69, 9.17) is 4.74 Å². The van der Waals surface area contributed by atoms with Gasteiger partial charge in [0.1, 0.15) is 0 Å². The van der Waals surface area contributed by atoms with Crippen molar-refractivity contribution in [3.05, 3.63) is 48.6 Å². The lowest BCUT2D eigenvalue weighted by Crippen LogP contribution is -2.45. The maximum absolute atomic E-state index is 12.5. The Morgan fingerprint density at radius 1 is 0.364 bits per heavy atom. The average Bonchev–Trinajstić information content (AvgIpc) is 3.43. The average molecular weight is 1080 g/mol. The second-order valence-corrected chi connectivity index (χ2v) is 23.5. The molecule has 0 aromatic rings. The molecule has 0 heterocycles. The van der Waals surface area contributed by atoms with E-state index < -0.39 is 12.1 Å². The van der Waals surface area contributed by atoms with Crippen LogP contribution in [0.25, 0.3) is 0 Å². The molecule has 1 amide bonds. The maximum atomic E-state index is 12.5. The summed E-state index contributed by atoms with van der Waals surface area (Å²) in [5, 5.41) is 23.3. The van der Waals surface area contributed by atoms with Gasteiger partial charge >= 0.3 is 5.97 Å². The number of allylic oxidation sites excluding steroid dienone is 7. The first kappa shape index (κ1) is 74.8. The number of nitrogens with one attached hydrogen (secondary N) is 1. The summed E-state index contributed by atoms with van der Waals surface area (Å²) >= 11 is 0. The van der Waals surface area contributed by atoms with Crippen LogP contribution in [-0.4, -0.2) is 47.4 Å². The molecule has 77 heavy (non-hydrogen) atoms. The quantitative estimate of drug-likeness (QED) is 0.0320. The van der Waals surface area contributed by atoms with E-state index in [0.29, 0.717) is 19.4 Å². The Hall–Kier alpha value is -2.18. The molecule has 0 aliphatic heterocycles. The lowest BCUT2D eigenvalue weighted by atomic mass is 10.0. The molecule has 2 unspecified atom stereocenters. The molecule has 0 aliphatic carbocycles. The maximum Gasteiger partial charge on any atom is 0.305 e. The van der Waals surface area contributed by atoms with Gasteiger partial charge in [0, 0.05) is 12.8 Å². The number of unbranched alkanes of at least 4 members (excludes halogenated alkanes) is 47. The molecule has 0 saturated carbocycles. The molecular weight excluding hydrogens is 947 g/mol. The SMILES string of the molecule is CCCC/C=C\C/C=C\CCCCCCCC(=O)OCCCCCCCCCCCCC/C=C\CCCCCCCCCC(=O)NC(CO)C(O)/C=C/CCCCCCCCCCCCCCCCCCCCCCCC. The second-order valence-electron chi connectivity index (χ2n) is 23.5. The van der Waals surface area contributed by atoms with Gasteiger partial charge < -0.3 is 20.3 Å². The van der Waals surface area contributed by atoms with Gasteiger partial charge in [0.25, 0.3) is 0 Å². The highest BCUT2D eigenvalue weighted by Gasteiger charge is 2.18. The molecule has 0 rings (SSSR count). The highest BCUT2D eigenvalue weighted by Crippen LogP contribution is 2.18. The number of rotatable bonds is 64. The van der Waals surface area contributed by atoms with Gasteiger partial charge in [-0.2, -0.15) is 0 Å². The summed E-state index contributed by atoms with van der Waals surface area (Å²) in [4.78, 5) is 24.6. The number of esters is 1. The number of amides is 1. The molecule has 6 heteroatoms. The van der Waals surface area contributed by atoms with Crippen LogP contribution in [0.5, 0.6) is 0 Å². The van der Waals surface area contributed by atoms with E-state index in [1.807, 2.05) is 6.08 Å². The zero-order valence-corrected chi connectivity index (χ0v) is 51.7. The van der Waals surface area contributed by atoms with Crippen LogP contribution in [0.4, 0.5) is 0 Å². The van der Waals surface area contributed by atoms with Gasteiger partial charge in [0.15, 0.2) is 0 Å². The molecule has 0 radical (unpaired) electrons. The van der Waals surface area contributed by atoms with E-state index in [0.717, 1.165) is 57.8 Å². The predicted molar refractivity (Wildman–Crippen MR) is 338 cm³/mol. The van der Waals surface area contributed by atoms with Crippen LogP contribution < -0.4 is 5.32 Å². The van der Waals surface area contributed by atoms with Gasteiger partial charge in [-0.05, 0) is 83.5 Å². The standard InChI is InChI=1S/C71H133NO5/c1-3-5-7-9-11-13-15-17-19-20-21-22-23-24-27-30-33-36-39-43-47-51-55-59-63-69(74)68(67-73)72-70(75)64-60-56-52-48-44-40-37-34-31-28-25-26-29-32-35-38-42-46-50-54-58-62-66-77-71(76)65-61-57-53-49-45-41-18-16-14-12-10-8-6-4-2/h10,12,16,18,28,31,59,63,68-69,73-74H,3-9,11,13-15,17,19-27,29-30,32-58,60-62,64-67H2,1-2H3,(H,72,75)/b12-10-,18-16-,31-28-,63-59+. The fourth-order valence-corrected chi connectivity index (χ4v) is 10.5. The van der Waals surface area contributed by atoms with Gasteiger partial charge in [-0.15, -0.1) is 0 Å². The van der Waals surface area contributed by atoms with Crippen LogP contribution in [-0.2, 0) is 14.3 Å². The van der Waals surface area contributed by atoms with Crippen molar-refractivity contribution in [1.82, 2.24) is 5.32 Å². The summed E-state index contributed by atoms with van der Waals surface area (Å²) in [6.07, 6.45) is 86.0. The van der Waals surface area contributed by atoms with E-state index in [1.54, 1.807) is 6.08 Å². The molecule has 0 fully saturated rings. The number of carbonyl (C=O) groups is 2. The topological polar surface area (TPSA) is 95.9 Å². The van der Waals surface area contributed by atoms with Crippen molar-refractivity contribution in [2.24, 2.45) is 0 Å². The zero-order valence-electron chi connectivity index (χ0n) is 51.7. The Morgan fingerprint density at radius 3 is 1.04 bits per heavy atom. The Labute approximate surface area is 480 Å². The Balaban J connectivity index is 3.46. The monoisotopic (exact) mass is 1080 g/mol. The molecule has 0 spiro atoms. The fraction of sp³-hybridized carbons (Fsp3) is 0.859. The summed E-state index contributed by atoms with van der Waals surface area (Å²) < 4.78 is 5.47. The lowest BCUT2D eigenvalue weighted by molar-refractivity contribution is -0.143. The number of aliphatic hydroxyl groups excluding tert-OH is 2. The van der Waals surface area contributed by atoms with Crippen LogP contribution in [0.1, 0.15) is 367 Å². The third kappa shape index (κ3) is 62.9. The molecule has 0 bridgehead atoms. The summed E-state index contributed by atoms with van der Waals surface area (Å²) in [6.45, 7) is 4.88. The number of hydrogen-bond acceptors (Lipinski definition) is 5. The highest BCUT2D eigenvalue weighted by atomic mass is 16.5. The van der Waals surface area contributed by atoms with Crippen LogP contribution in [0.15, 0.2) is 48.6 Å². The Morgan fingerprint density at radius 2 is 0.662 bits per heavy atom. The van der Waals surface area contributed by atoms with E-state index in [2.05, 4.69) is 55.6 Å². The fourth-order valence-electron chi connectivity index (χ4n) is 10.5. The van der Waals surface area contributed by atoms with Gasteiger partial charge in [-0.25, -0.2) is 0 Å². The summed E-state index contributed by atoms with van der Waals surface area (Å²) in [5.41, 5.74) is 0. The number of ether oxygens (including phenoxy) is 1. The van der Waals surface area contributed by atoms with Gasteiger partial charge in [-0.3, -0.25) is 9.59 Å². The normalized spacial score (nSPS) is 12.8. The molecular formula is C71H133NO5. The third-order valence-corrected chi connectivity index (χ3v) is 15.8. The highest BCUT2D eigenvalue weighted by molar-refractivity contribution is 5.76. The number of hydrogen-bond donors (Lipinski definition) is 3. The first-order valence-electron chi connectivity index (χ1n) is 34.4.